The second-order valence-electron chi connectivity index (χ2n) is 5.60. The number of hydrogen-bond donors (Lipinski definition) is 0. The fraction of sp³-hybridized carbons (Fsp3) is 0.471. The summed E-state index contributed by atoms with van der Waals surface area (Å²) in [5.41, 5.74) is 0.505. The predicted octanol–water partition coefficient (Wildman–Crippen LogP) is 3.78. The standard InChI is InChI=1S/C17H21NO4/c1-20-17(19)13-8-11-22-16(13)12-18-9-4-2-3-6-14(18)15-7-5-10-21-15/h5,7-8,10-11,14H,2-4,6,9,12H2,1H3. The summed E-state index contributed by atoms with van der Waals surface area (Å²) in [6, 6.07) is 5.84. The van der Waals surface area contributed by atoms with Crippen LogP contribution in [0.25, 0.3) is 0 Å². The van der Waals surface area contributed by atoms with E-state index < -0.39 is 0 Å². The van der Waals surface area contributed by atoms with Crippen molar-refractivity contribution in [2.24, 2.45) is 0 Å². The maximum Gasteiger partial charge on any atom is 0.341 e. The fourth-order valence-electron chi connectivity index (χ4n) is 3.10. The third-order valence-corrected chi connectivity index (χ3v) is 4.23. The molecule has 3 heterocycles. The first kappa shape index (κ1) is 14.9. The average molecular weight is 303 g/mol. The Morgan fingerprint density at radius 2 is 2.18 bits per heavy atom. The molecule has 1 aliphatic heterocycles. The lowest BCUT2D eigenvalue weighted by Gasteiger charge is -2.27. The summed E-state index contributed by atoms with van der Waals surface area (Å²) in [5, 5.41) is 0. The molecule has 5 heteroatoms. The summed E-state index contributed by atoms with van der Waals surface area (Å²) in [5.74, 6) is 1.28. The van der Waals surface area contributed by atoms with Crippen molar-refractivity contribution >= 4 is 5.97 Å². The summed E-state index contributed by atoms with van der Waals surface area (Å²) in [6.45, 7) is 1.55. The quantitative estimate of drug-likeness (QED) is 0.805. The molecule has 3 rings (SSSR count). The molecule has 0 N–H and O–H groups in total. The molecule has 0 aromatic carbocycles. The van der Waals surface area contributed by atoms with E-state index in [4.69, 9.17) is 13.6 Å². The van der Waals surface area contributed by atoms with Gasteiger partial charge in [0.1, 0.15) is 17.1 Å². The van der Waals surface area contributed by atoms with E-state index in [1.54, 1.807) is 18.6 Å². The van der Waals surface area contributed by atoms with Crippen LogP contribution in [0.3, 0.4) is 0 Å². The molecule has 0 saturated carbocycles. The van der Waals surface area contributed by atoms with E-state index >= 15 is 0 Å². The largest absolute Gasteiger partial charge is 0.468 e. The number of likely N-dealkylation sites (tertiary alicyclic amines) is 1. The van der Waals surface area contributed by atoms with Gasteiger partial charge >= 0.3 is 5.97 Å². The van der Waals surface area contributed by atoms with Gasteiger partial charge in [-0.3, -0.25) is 4.90 Å². The minimum Gasteiger partial charge on any atom is -0.468 e. The molecule has 5 nitrogen and oxygen atoms in total. The van der Waals surface area contributed by atoms with E-state index in [0.29, 0.717) is 17.9 Å². The molecule has 0 spiro atoms. The summed E-state index contributed by atoms with van der Waals surface area (Å²) in [6.07, 6.45) is 7.86. The molecule has 1 aliphatic rings. The maximum absolute atomic E-state index is 11.8. The third kappa shape index (κ3) is 3.09. The number of ether oxygens (including phenoxy) is 1. The Morgan fingerprint density at radius 1 is 1.27 bits per heavy atom. The monoisotopic (exact) mass is 303 g/mol. The molecular formula is C17H21NO4. The van der Waals surface area contributed by atoms with Gasteiger partial charge in [-0.1, -0.05) is 12.8 Å². The average Bonchev–Trinajstić information content (AvgIpc) is 3.16. The van der Waals surface area contributed by atoms with Crippen molar-refractivity contribution in [2.75, 3.05) is 13.7 Å². The van der Waals surface area contributed by atoms with Crippen LogP contribution in [0.15, 0.2) is 39.6 Å². The molecule has 1 atom stereocenters. The maximum atomic E-state index is 11.8. The van der Waals surface area contributed by atoms with Crippen molar-refractivity contribution in [3.63, 3.8) is 0 Å². The van der Waals surface area contributed by atoms with Crippen molar-refractivity contribution in [1.82, 2.24) is 4.90 Å². The summed E-state index contributed by atoms with van der Waals surface area (Å²) >= 11 is 0. The molecule has 0 amide bonds. The van der Waals surface area contributed by atoms with Gasteiger partial charge in [0.15, 0.2) is 0 Å². The zero-order valence-corrected chi connectivity index (χ0v) is 12.8. The lowest BCUT2D eigenvalue weighted by molar-refractivity contribution is 0.0594. The van der Waals surface area contributed by atoms with Gasteiger partial charge in [-0.15, -0.1) is 0 Å². The van der Waals surface area contributed by atoms with Crippen LogP contribution >= 0.6 is 0 Å². The smallest absolute Gasteiger partial charge is 0.341 e. The van der Waals surface area contributed by atoms with E-state index in [2.05, 4.69) is 4.90 Å². The number of carbonyl (C=O) groups is 1. The number of nitrogens with zero attached hydrogens (tertiary/aromatic N) is 1. The predicted molar refractivity (Wildman–Crippen MR) is 80.4 cm³/mol. The zero-order chi connectivity index (χ0) is 15.4. The van der Waals surface area contributed by atoms with Crippen LogP contribution in [0.4, 0.5) is 0 Å². The summed E-state index contributed by atoms with van der Waals surface area (Å²) in [4.78, 5) is 14.1. The first-order valence-electron chi connectivity index (χ1n) is 7.71. The molecule has 2 aromatic rings. The number of methoxy groups -OCH3 is 1. The summed E-state index contributed by atoms with van der Waals surface area (Å²) in [7, 11) is 1.39. The van der Waals surface area contributed by atoms with Gasteiger partial charge < -0.3 is 13.6 Å². The fourth-order valence-corrected chi connectivity index (χ4v) is 3.10. The van der Waals surface area contributed by atoms with Crippen molar-refractivity contribution in [1.29, 1.82) is 0 Å². The third-order valence-electron chi connectivity index (χ3n) is 4.23. The number of hydrogen-bond acceptors (Lipinski definition) is 5. The normalized spacial score (nSPS) is 19.8. The first-order valence-corrected chi connectivity index (χ1v) is 7.71. The SMILES string of the molecule is COC(=O)c1ccoc1CN1CCCCCC1c1ccco1. The lowest BCUT2D eigenvalue weighted by atomic mass is 10.1. The second kappa shape index (κ2) is 6.83. The Bertz CT molecular complexity index is 602. The van der Waals surface area contributed by atoms with Gasteiger partial charge in [0.05, 0.1) is 32.2 Å². The number of esters is 1. The van der Waals surface area contributed by atoms with Crippen LogP contribution in [0.5, 0.6) is 0 Å². The number of furan rings is 2. The Hall–Kier alpha value is -2.01. The number of carbonyl (C=O) groups excluding carboxylic acids is 1. The summed E-state index contributed by atoms with van der Waals surface area (Å²) < 4.78 is 15.9. The van der Waals surface area contributed by atoms with Gasteiger partial charge in [0, 0.05) is 0 Å². The molecule has 0 radical (unpaired) electrons. The highest BCUT2D eigenvalue weighted by atomic mass is 16.5. The molecule has 2 aromatic heterocycles. The zero-order valence-electron chi connectivity index (χ0n) is 12.8. The highest BCUT2D eigenvalue weighted by Gasteiger charge is 2.27. The minimum atomic E-state index is -0.354. The Balaban J connectivity index is 1.82. The van der Waals surface area contributed by atoms with Crippen LogP contribution < -0.4 is 0 Å². The molecule has 1 unspecified atom stereocenters. The topological polar surface area (TPSA) is 55.8 Å². The Morgan fingerprint density at radius 3 is 2.95 bits per heavy atom. The van der Waals surface area contributed by atoms with Crippen LogP contribution in [-0.2, 0) is 11.3 Å². The van der Waals surface area contributed by atoms with Gasteiger partial charge in [-0.2, -0.15) is 0 Å². The Kier molecular flexibility index (Phi) is 4.63. The van der Waals surface area contributed by atoms with E-state index in [9.17, 15) is 4.79 Å². The van der Waals surface area contributed by atoms with Crippen LogP contribution in [-0.4, -0.2) is 24.5 Å². The lowest BCUT2D eigenvalue weighted by Crippen LogP contribution is -2.28. The number of rotatable bonds is 4. The second-order valence-corrected chi connectivity index (χ2v) is 5.60. The van der Waals surface area contributed by atoms with E-state index in [-0.39, 0.29) is 12.0 Å². The van der Waals surface area contributed by atoms with Gasteiger partial charge in [0.25, 0.3) is 0 Å². The minimum absolute atomic E-state index is 0.230. The molecule has 0 bridgehead atoms. The van der Waals surface area contributed by atoms with Gasteiger partial charge in [0.2, 0.25) is 0 Å². The van der Waals surface area contributed by atoms with Crippen LogP contribution in [0, 0.1) is 0 Å². The van der Waals surface area contributed by atoms with Gasteiger partial charge in [-0.25, -0.2) is 4.79 Å². The first-order chi connectivity index (χ1) is 10.8. The van der Waals surface area contributed by atoms with Gasteiger partial charge in [-0.05, 0) is 37.6 Å². The van der Waals surface area contributed by atoms with Crippen molar-refractivity contribution in [2.45, 2.75) is 38.3 Å². The Labute approximate surface area is 129 Å². The molecule has 0 aliphatic carbocycles. The van der Waals surface area contributed by atoms with E-state index in [1.165, 1.54) is 20.0 Å². The highest BCUT2D eigenvalue weighted by Crippen LogP contribution is 2.32. The van der Waals surface area contributed by atoms with Crippen molar-refractivity contribution < 1.29 is 18.4 Å². The van der Waals surface area contributed by atoms with Crippen molar-refractivity contribution in [3.8, 4) is 0 Å². The molecule has 1 saturated heterocycles. The molecule has 22 heavy (non-hydrogen) atoms. The van der Waals surface area contributed by atoms with E-state index in [0.717, 1.165) is 25.1 Å². The van der Waals surface area contributed by atoms with Crippen molar-refractivity contribution in [3.05, 3.63) is 47.8 Å². The molecule has 118 valence electrons. The molecule has 1 fully saturated rings. The van der Waals surface area contributed by atoms with Crippen LogP contribution in [0.2, 0.25) is 0 Å². The van der Waals surface area contributed by atoms with E-state index in [1.807, 2.05) is 12.1 Å². The molecular weight excluding hydrogens is 282 g/mol. The van der Waals surface area contributed by atoms with Crippen LogP contribution in [0.1, 0.15) is 53.6 Å². The highest BCUT2D eigenvalue weighted by molar-refractivity contribution is 5.90.